The highest BCUT2D eigenvalue weighted by Gasteiger charge is 2.08. The summed E-state index contributed by atoms with van der Waals surface area (Å²) in [5.74, 6) is -0.310. The summed E-state index contributed by atoms with van der Waals surface area (Å²) in [6.45, 7) is 0. The molecular formula is C16H11FN6S. The fourth-order valence-corrected chi connectivity index (χ4v) is 2.96. The van der Waals surface area contributed by atoms with Crippen LogP contribution in [0.4, 0.5) is 15.2 Å². The number of nitrogens with zero attached hydrogens (tertiary/aromatic N) is 5. The number of hydrogen-bond donors (Lipinski definition) is 1. The van der Waals surface area contributed by atoms with Crippen molar-refractivity contribution in [1.29, 1.82) is 0 Å². The van der Waals surface area contributed by atoms with E-state index in [2.05, 4.69) is 25.8 Å². The third-order valence-corrected chi connectivity index (χ3v) is 4.13. The van der Waals surface area contributed by atoms with E-state index < -0.39 is 0 Å². The van der Waals surface area contributed by atoms with Crippen molar-refractivity contribution in [1.82, 2.24) is 25.2 Å². The van der Waals surface area contributed by atoms with Gasteiger partial charge in [0.1, 0.15) is 12.1 Å². The smallest absolute Gasteiger partial charge is 0.187 e. The molecule has 0 saturated carbocycles. The van der Waals surface area contributed by atoms with Crippen LogP contribution in [0.3, 0.4) is 0 Å². The van der Waals surface area contributed by atoms with E-state index in [9.17, 15) is 4.39 Å². The van der Waals surface area contributed by atoms with Crippen LogP contribution < -0.4 is 5.32 Å². The molecule has 0 fully saturated rings. The van der Waals surface area contributed by atoms with Crippen LogP contribution in [0.25, 0.3) is 16.9 Å². The van der Waals surface area contributed by atoms with Crippen molar-refractivity contribution in [2.75, 3.05) is 5.32 Å². The van der Waals surface area contributed by atoms with E-state index in [0.29, 0.717) is 10.8 Å². The topological polar surface area (TPSA) is 68.5 Å². The Labute approximate surface area is 140 Å². The van der Waals surface area contributed by atoms with E-state index in [-0.39, 0.29) is 5.82 Å². The molecule has 8 heteroatoms. The molecule has 2 aromatic heterocycles. The molecule has 0 saturated heterocycles. The summed E-state index contributed by atoms with van der Waals surface area (Å²) in [5.41, 5.74) is 2.98. The van der Waals surface area contributed by atoms with E-state index in [4.69, 9.17) is 0 Å². The van der Waals surface area contributed by atoms with Gasteiger partial charge in [-0.2, -0.15) is 0 Å². The third kappa shape index (κ3) is 2.86. The highest BCUT2D eigenvalue weighted by atomic mass is 32.1. The third-order valence-electron chi connectivity index (χ3n) is 3.38. The standard InChI is InChI=1S/C16H11FN6S/c17-13-6-1-2-7-14(13)19-16-20-15(9-24-16)11-4-3-5-12(8-11)23-10-18-21-22-23/h1-10H,(H,19,20). The lowest BCUT2D eigenvalue weighted by Gasteiger charge is -2.03. The minimum absolute atomic E-state index is 0.310. The second kappa shape index (κ2) is 6.17. The number of hydrogen-bond acceptors (Lipinski definition) is 6. The molecule has 0 spiro atoms. The van der Waals surface area contributed by atoms with Crippen molar-refractivity contribution in [3.63, 3.8) is 0 Å². The van der Waals surface area contributed by atoms with E-state index in [1.807, 2.05) is 29.6 Å². The summed E-state index contributed by atoms with van der Waals surface area (Å²) in [6.07, 6.45) is 1.53. The molecule has 0 unspecified atom stereocenters. The molecule has 1 N–H and O–H groups in total. The summed E-state index contributed by atoms with van der Waals surface area (Å²) >= 11 is 1.42. The number of tetrazole rings is 1. The van der Waals surface area contributed by atoms with Gasteiger partial charge in [-0.05, 0) is 34.7 Å². The van der Waals surface area contributed by atoms with Crippen LogP contribution in [0.5, 0.6) is 0 Å². The molecule has 6 nitrogen and oxygen atoms in total. The maximum Gasteiger partial charge on any atom is 0.187 e. The van der Waals surface area contributed by atoms with Gasteiger partial charge in [-0.25, -0.2) is 14.1 Å². The van der Waals surface area contributed by atoms with Gasteiger partial charge in [0.2, 0.25) is 0 Å². The van der Waals surface area contributed by atoms with Crippen molar-refractivity contribution >= 4 is 22.2 Å². The van der Waals surface area contributed by atoms with Crippen molar-refractivity contribution in [3.05, 3.63) is 66.1 Å². The zero-order valence-corrected chi connectivity index (χ0v) is 13.1. The molecule has 0 atom stereocenters. The average Bonchev–Trinajstić information content (AvgIpc) is 3.29. The molecule has 2 heterocycles. The molecule has 0 aliphatic carbocycles. The van der Waals surface area contributed by atoms with Crippen LogP contribution in [-0.2, 0) is 0 Å². The molecule has 24 heavy (non-hydrogen) atoms. The molecule has 0 aliphatic heterocycles. The Morgan fingerprint density at radius 1 is 1.08 bits per heavy atom. The van der Waals surface area contributed by atoms with Gasteiger partial charge in [0.05, 0.1) is 17.1 Å². The molecule has 0 aliphatic rings. The van der Waals surface area contributed by atoms with Crippen molar-refractivity contribution in [3.8, 4) is 16.9 Å². The van der Waals surface area contributed by atoms with Gasteiger partial charge >= 0.3 is 0 Å². The molecule has 4 aromatic rings. The van der Waals surface area contributed by atoms with Gasteiger partial charge in [0.25, 0.3) is 0 Å². The van der Waals surface area contributed by atoms with E-state index in [1.54, 1.807) is 22.9 Å². The first kappa shape index (κ1) is 14.5. The summed E-state index contributed by atoms with van der Waals surface area (Å²) in [5, 5.41) is 16.7. The van der Waals surface area contributed by atoms with Gasteiger partial charge < -0.3 is 5.32 Å². The first-order chi connectivity index (χ1) is 11.8. The summed E-state index contributed by atoms with van der Waals surface area (Å²) in [4.78, 5) is 4.52. The van der Waals surface area contributed by atoms with Crippen LogP contribution in [0.15, 0.2) is 60.2 Å². The van der Waals surface area contributed by atoms with Crippen molar-refractivity contribution in [2.45, 2.75) is 0 Å². The lowest BCUT2D eigenvalue weighted by molar-refractivity contribution is 0.632. The van der Waals surface area contributed by atoms with Crippen LogP contribution >= 0.6 is 11.3 Å². The number of nitrogens with one attached hydrogen (secondary N) is 1. The zero-order valence-electron chi connectivity index (χ0n) is 12.3. The molecular weight excluding hydrogens is 327 g/mol. The fourth-order valence-electron chi connectivity index (χ4n) is 2.23. The quantitative estimate of drug-likeness (QED) is 0.615. The highest BCUT2D eigenvalue weighted by Crippen LogP contribution is 2.28. The molecule has 118 valence electrons. The first-order valence-corrected chi connectivity index (χ1v) is 7.98. The predicted octanol–water partition coefficient (Wildman–Crippen LogP) is 3.67. The van der Waals surface area contributed by atoms with E-state index >= 15 is 0 Å². The van der Waals surface area contributed by atoms with Crippen LogP contribution in [0, 0.1) is 5.82 Å². The van der Waals surface area contributed by atoms with Crippen LogP contribution in [0.1, 0.15) is 0 Å². The fraction of sp³-hybridized carbons (Fsp3) is 0. The second-order valence-electron chi connectivity index (χ2n) is 4.95. The predicted molar refractivity (Wildman–Crippen MR) is 89.9 cm³/mol. The normalized spacial score (nSPS) is 10.7. The van der Waals surface area contributed by atoms with Crippen LogP contribution in [0.2, 0.25) is 0 Å². The minimum atomic E-state index is -0.310. The summed E-state index contributed by atoms with van der Waals surface area (Å²) in [7, 11) is 0. The SMILES string of the molecule is Fc1ccccc1Nc1nc(-c2cccc(-n3cnnn3)c2)cs1. The zero-order chi connectivity index (χ0) is 16.4. The maximum absolute atomic E-state index is 13.7. The van der Waals surface area contributed by atoms with Crippen LogP contribution in [-0.4, -0.2) is 25.2 Å². The number of para-hydroxylation sites is 1. The monoisotopic (exact) mass is 338 g/mol. The molecule has 2 aromatic carbocycles. The Hall–Kier alpha value is -3.13. The van der Waals surface area contributed by atoms with Gasteiger partial charge in [-0.1, -0.05) is 24.3 Å². The Bertz CT molecular complexity index is 966. The maximum atomic E-state index is 13.7. The average molecular weight is 338 g/mol. The van der Waals surface area contributed by atoms with E-state index in [0.717, 1.165) is 16.9 Å². The molecule has 0 bridgehead atoms. The van der Waals surface area contributed by atoms with Gasteiger partial charge in [-0.3, -0.25) is 0 Å². The van der Waals surface area contributed by atoms with E-state index in [1.165, 1.54) is 23.7 Å². The number of thiazole rings is 1. The minimum Gasteiger partial charge on any atom is -0.329 e. The Morgan fingerprint density at radius 2 is 2.00 bits per heavy atom. The summed E-state index contributed by atoms with van der Waals surface area (Å²) < 4.78 is 15.3. The number of aromatic nitrogens is 5. The number of anilines is 2. The van der Waals surface area contributed by atoms with Gasteiger partial charge in [-0.15, -0.1) is 16.4 Å². The summed E-state index contributed by atoms with van der Waals surface area (Å²) in [6, 6.07) is 14.2. The Kier molecular flexibility index (Phi) is 3.72. The Balaban J connectivity index is 1.61. The van der Waals surface area contributed by atoms with Crippen molar-refractivity contribution in [2.24, 2.45) is 0 Å². The number of rotatable bonds is 4. The number of halogens is 1. The first-order valence-electron chi connectivity index (χ1n) is 7.10. The van der Waals surface area contributed by atoms with Gasteiger partial charge in [0.15, 0.2) is 5.13 Å². The highest BCUT2D eigenvalue weighted by molar-refractivity contribution is 7.14. The van der Waals surface area contributed by atoms with Crippen molar-refractivity contribution < 1.29 is 4.39 Å². The lowest BCUT2D eigenvalue weighted by atomic mass is 10.1. The lowest BCUT2D eigenvalue weighted by Crippen LogP contribution is -1.95. The molecule has 0 radical (unpaired) electrons. The second-order valence-corrected chi connectivity index (χ2v) is 5.81. The molecule has 0 amide bonds. The Morgan fingerprint density at radius 3 is 2.83 bits per heavy atom. The largest absolute Gasteiger partial charge is 0.329 e. The number of benzene rings is 2. The molecule has 4 rings (SSSR count). The van der Waals surface area contributed by atoms with Gasteiger partial charge in [0, 0.05) is 10.9 Å².